The molecule has 0 saturated heterocycles. The van der Waals surface area contributed by atoms with Crippen molar-refractivity contribution in [3.05, 3.63) is 102 Å². The van der Waals surface area contributed by atoms with Crippen molar-refractivity contribution >= 4 is 11.9 Å². The summed E-state index contributed by atoms with van der Waals surface area (Å²) in [5.41, 5.74) is 2.73. The lowest BCUT2D eigenvalue weighted by molar-refractivity contribution is -0.115. The van der Waals surface area contributed by atoms with Crippen LogP contribution < -0.4 is 9.47 Å². The average Bonchev–Trinajstić information content (AvgIpc) is 2.73. The zero-order valence-corrected chi connectivity index (χ0v) is 15.5. The van der Waals surface area contributed by atoms with Gasteiger partial charge in [-0.15, -0.1) is 0 Å². The first kappa shape index (κ1) is 18.5. The molecule has 0 heterocycles. The Kier molecular flexibility index (Phi) is 6.06. The number of ketones is 1. The number of carbonyl (C=O) groups is 1. The normalized spacial score (nSPS) is 10.9. The van der Waals surface area contributed by atoms with E-state index in [4.69, 9.17) is 9.47 Å². The summed E-state index contributed by atoms with van der Waals surface area (Å²) in [4.78, 5) is 13.1. The number of rotatable bonds is 7. The van der Waals surface area contributed by atoms with Crippen LogP contribution in [0.15, 0.2) is 84.9 Å². The second kappa shape index (κ2) is 8.86. The quantitative estimate of drug-likeness (QED) is 0.550. The standard InChI is InChI=1S/C24H22O3/c1-26-22-15-9-14-20(24(22)27-2)16-17-21(25)23(18-10-5-3-6-11-18)19-12-7-4-8-13-19/h3-17,23H,1-2H3/b17-16+. The summed E-state index contributed by atoms with van der Waals surface area (Å²) in [5, 5.41) is 0. The van der Waals surface area contributed by atoms with Gasteiger partial charge >= 0.3 is 0 Å². The summed E-state index contributed by atoms with van der Waals surface area (Å²) >= 11 is 0. The highest BCUT2D eigenvalue weighted by molar-refractivity contribution is 6.01. The van der Waals surface area contributed by atoms with Gasteiger partial charge in [0.1, 0.15) is 0 Å². The van der Waals surface area contributed by atoms with Crippen LogP contribution in [0.5, 0.6) is 11.5 Å². The van der Waals surface area contributed by atoms with Crippen LogP contribution in [-0.4, -0.2) is 20.0 Å². The van der Waals surface area contributed by atoms with Gasteiger partial charge < -0.3 is 9.47 Å². The van der Waals surface area contributed by atoms with Gasteiger partial charge in [0.05, 0.1) is 20.1 Å². The number of hydrogen-bond acceptors (Lipinski definition) is 3. The highest BCUT2D eigenvalue weighted by atomic mass is 16.5. The Labute approximate surface area is 159 Å². The van der Waals surface area contributed by atoms with E-state index >= 15 is 0 Å². The minimum atomic E-state index is -0.347. The van der Waals surface area contributed by atoms with Gasteiger partial charge in [0, 0.05) is 5.56 Å². The molecule has 0 radical (unpaired) electrons. The van der Waals surface area contributed by atoms with E-state index in [2.05, 4.69) is 0 Å². The Morgan fingerprint density at radius 1 is 0.778 bits per heavy atom. The molecule has 0 aliphatic heterocycles. The van der Waals surface area contributed by atoms with Crippen molar-refractivity contribution in [2.24, 2.45) is 0 Å². The molecule has 0 aromatic heterocycles. The van der Waals surface area contributed by atoms with Crippen LogP contribution in [-0.2, 0) is 4.79 Å². The highest BCUT2D eigenvalue weighted by Crippen LogP contribution is 2.32. The van der Waals surface area contributed by atoms with E-state index in [1.54, 1.807) is 26.4 Å². The maximum absolute atomic E-state index is 13.1. The molecule has 3 nitrogen and oxygen atoms in total. The molecule has 3 aromatic rings. The molecule has 0 N–H and O–H groups in total. The zero-order valence-electron chi connectivity index (χ0n) is 15.5. The van der Waals surface area contributed by atoms with Crippen molar-refractivity contribution in [3.8, 4) is 11.5 Å². The van der Waals surface area contributed by atoms with Crippen LogP contribution in [0.1, 0.15) is 22.6 Å². The molecule has 0 spiro atoms. The molecular formula is C24H22O3. The molecule has 0 atom stereocenters. The second-order valence-electron chi connectivity index (χ2n) is 6.07. The van der Waals surface area contributed by atoms with E-state index in [0.717, 1.165) is 16.7 Å². The Morgan fingerprint density at radius 2 is 1.37 bits per heavy atom. The van der Waals surface area contributed by atoms with Gasteiger partial charge in [-0.3, -0.25) is 4.79 Å². The topological polar surface area (TPSA) is 35.5 Å². The summed E-state index contributed by atoms with van der Waals surface area (Å²) in [6.45, 7) is 0. The number of para-hydroxylation sites is 1. The van der Waals surface area contributed by atoms with Gasteiger partial charge in [-0.2, -0.15) is 0 Å². The van der Waals surface area contributed by atoms with Crippen molar-refractivity contribution in [1.29, 1.82) is 0 Å². The molecule has 0 saturated carbocycles. The number of carbonyl (C=O) groups excluding carboxylic acids is 1. The fourth-order valence-electron chi connectivity index (χ4n) is 3.12. The molecule has 136 valence electrons. The third-order valence-electron chi connectivity index (χ3n) is 4.41. The van der Waals surface area contributed by atoms with E-state index in [0.29, 0.717) is 11.5 Å². The number of benzene rings is 3. The molecule has 0 aliphatic carbocycles. The molecule has 0 unspecified atom stereocenters. The van der Waals surface area contributed by atoms with Gasteiger partial charge in [-0.25, -0.2) is 0 Å². The first-order valence-electron chi connectivity index (χ1n) is 8.77. The van der Waals surface area contributed by atoms with Crippen LogP contribution in [0.4, 0.5) is 0 Å². The average molecular weight is 358 g/mol. The Balaban J connectivity index is 1.96. The van der Waals surface area contributed by atoms with Gasteiger partial charge in [0.15, 0.2) is 17.3 Å². The predicted molar refractivity (Wildman–Crippen MR) is 108 cm³/mol. The van der Waals surface area contributed by atoms with Crippen LogP contribution >= 0.6 is 0 Å². The van der Waals surface area contributed by atoms with Gasteiger partial charge in [0.2, 0.25) is 0 Å². The van der Waals surface area contributed by atoms with Gasteiger partial charge in [-0.05, 0) is 29.3 Å². The Hall–Kier alpha value is -3.33. The van der Waals surface area contributed by atoms with E-state index < -0.39 is 0 Å². The summed E-state index contributed by atoms with van der Waals surface area (Å²) in [6.07, 6.45) is 3.39. The van der Waals surface area contributed by atoms with E-state index in [1.807, 2.05) is 78.9 Å². The van der Waals surface area contributed by atoms with Crippen LogP contribution in [0.3, 0.4) is 0 Å². The van der Waals surface area contributed by atoms with Gasteiger partial charge in [-0.1, -0.05) is 72.8 Å². The first-order chi connectivity index (χ1) is 13.2. The molecular weight excluding hydrogens is 336 g/mol. The van der Waals surface area contributed by atoms with Crippen molar-refractivity contribution < 1.29 is 14.3 Å². The molecule has 0 amide bonds. The second-order valence-corrected chi connectivity index (χ2v) is 6.07. The molecule has 3 rings (SSSR count). The first-order valence-corrected chi connectivity index (χ1v) is 8.77. The van der Waals surface area contributed by atoms with Crippen LogP contribution in [0.25, 0.3) is 6.08 Å². The molecule has 0 bridgehead atoms. The summed E-state index contributed by atoms with van der Waals surface area (Å²) in [7, 11) is 3.19. The van der Waals surface area contributed by atoms with Crippen molar-refractivity contribution in [2.75, 3.05) is 14.2 Å². The molecule has 3 heteroatoms. The number of methoxy groups -OCH3 is 2. The molecule has 3 aromatic carbocycles. The lowest BCUT2D eigenvalue weighted by Crippen LogP contribution is -2.11. The van der Waals surface area contributed by atoms with Crippen LogP contribution in [0.2, 0.25) is 0 Å². The van der Waals surface area contributed by atoms with Crippen molar-refractivity contribution in [3.63, 3.8) is 0 Å². The summed E-state index contributed by atoms with van der Waals surface area (Å²) in [5.74, 6) is 0.910. The fourth-order valence-corrected chi connectivity index (χ4v) is 3.12. The largest absolute Gasteiger partial charge is 0.493 e. The smallest absolute Gasteiger partial charge is 0.167 e. The van der Waals surface area contributed by atoms with Crippen molar-refractivity contribution in [1.82, 2.24) is 0 Å². The van der Waals surface area contributed by atoms with Gasteiger partial charge in [0.25, 0.3) is 0 Å². The zero-order chi connectivity index (χ0) is 19.1. The minimum Gasteiger partial charge on any atom is -0.493 e. The van der Waals surface area contributed by atoms with E-state index in [9.17, 15) is 4.79 Å². The SMILES string of the molecule is COc1cccc(/C=C/C(=O)C(c2ccccc2)c2ccccc2)c1OC. The number of allylic oxidation sites excluding steroid dienone is 1. The third-order valence-corrected chi connectivity index (χ3v) is 4.41. The maximum atomic E-state index is 13.1. The maximum Gasteiger partial charge on any atom is 0.167 e. The predicted octanol–water partition coefficient (Wildman–Crippen LogP) is 5.12. The fraction of sp³-hybridized carbons (Fsp3) is 0.125. The number of hydrogen-bond donors (Lipinski definition) is 0. The lowest BCUT2D eigenvalue weighted by Gasteiger charge is -2.15. The molecule has 0 aliphatic rings. The number of ether oxygens (including phenoxy) is 2. The van der Waals surface area contributed by atoms with Crippen molar-refractivity contribution in [2.45, 2.75) is 5.92 Å². The Bertz CT molecular complexity index is 875. The molecule has 0 fully saturated rings. The third kappa shape index (κ3) is 4.26. The monoisotopic (exact) mass is 358 g/mol. The van der Waals surface area contributed by atoms with E-state index in [1.165, 1.54) is 0 Å². The summed E-state index contributed by atoms with van der Waals surface area (Å²) in [6, 6.07) is 25.2. The van der Waals surface area contributed by atoms with E-state index in [-0.39, 0.29) is 11.7 Å². The minimum absolute atomic E-state index is 0.0114. The summed E-state index contributed by atoms with van der Waals surface area (Å²) < 4.78 is 10.8. The Morgan fingerprint density at radius 3 is 1.89 bits per heavy atom. The van der Waals surface area contributed by atoms with Crippen LogP contribution in [0, 0.1) is 0 Å². The lowest BCUT2D eigenvalue weighted by atomic mass is 9.87. The highest BCUT2D eigenvalue weighted by Gasteiger charge is 2.20. The molecule has 27 heavy (non-hydrogen) atoms.